The van der Waals surface area contributed by atoms with E-state index in [0.29, 0.717) is 18.6 Å². The molecule has 3 nitrogen and oxygen atoms in total. The molecule has 2 atom stereocenters. The molecule has 2 unspecified atom stereocenters. The Morgan fingerprint density at radius 2 is 2.10 bits per heavy atom. The summed E-state index contributed by atoms with van der Waals surface area (Å²) >= 11 is 0. The van der Waals surface area contributed by atoms with Crippen LogP contribution in [-0.4, -0.2) is 26.0 Å². The van der Waals surface area contributed by atoms with Gasteiger partial charge in [-0.3, -0.25) is 0 Å². The summed E-state index contributed by atoms with van der Waals surface area (Å²) < 4.78 is 43.1. The van der Waals surface area contributed by atoms with Gasteiger partial charge in [-0.1, -0.05) is 18.1 Å². The van der Waals surface area contributed by atoms with Crippen molar-refractivity contribution in [2.75, 3.05) is 7.11 Å². The highest BCUT2D eigenvalue weighted by atomic mass is 32.2. The standard InChI is InChI=1S/C16H19FO3S/c1-20-14-7-11(6-13(17)10-14)5-12-8-15-3-2-4-16(9-12)21(15,18)19/h6-8,10,15-16H,2-5,9H2,1H3. The van der Waals surface area contributed by atoms with Gasteiger partial charge in [0.2, 0.25) is 0 Å². The van der Waals surface area contributed by atoms with Crippen molar-refractivity contribution >= 4 is 9.84 Å². The van der Waals surface area contributed by atoms with E-state index >= 15 is 0 Å². The van der Waals surface area contributed by atoms with E-state index < -0.39 is 9.84 Å². The Morgan fingerprint density at radius 1 is 1.29 bits per heavy atom. The van der Waals surface area contributed by atoms with Crippen LogP contribution in [0.2, 0.25) is 0 Å². The zero-order chi connectivity index (χ0) is 15.0. The van der Waals surface area contributed by atoms with Gasteiger partial charge in [-0.05, 0) is 43.4 Å². The molecule has 1 aromatic rings. The van der Waals surface area contributed by atoms with E-state index in [-0.39, 0.29) is 16.3 Å². The molecule has 0 amide bonds. The van der Waals surface area contributed by atoms with E-state index in [1.165, 1.54) is 19.2 Å². The van der Waals surface area contributed by atoms with Crippen molar-refractivity contribution < 1.29 is 17.5 Å². The van der Waals surface area contributed by atoms with Crippen molar-refractivity contribution in [3.05, 3.63) is 41.2 Å². The molecule has 3 rings (SSSR count). The lowest BCUT2D eigenvalue weighted by molar-refractivity contribution is 0.410. The molecule has 114 valence electrons. The topological polar surface area (TPSA) is 43.4 Å². The molecule has 2 heterocycles. The van der Waals surface area contributed by atoms with Crippen LogP contribution in [0.1, 0.15) is 31.2 Å². The molecule has 2 bridgehead atoms. The second kappa shape index (κ2) is 5.44. The molecule has 21 heavy (non-hydrogen) atoms. The number of halogens is 1. The highest BCUT2D eigenvalue weighted by Crippen LogP contribution is 2.36. The summed E-state index contributed by atoms with van der Waals surface area (Å²) in [5.74, 6) is 0.169. The van der Waals surface area contributed by atoms with Gasteiger partial charge in [0.25, 0.3) is 0 Å². The molecule has 2 aliphatic heterocycles. The van der Waals surface area contributed by atoms with E-state index in [1.807, 2.05) is 12.1 Å². The van der Waals surface area contributed by atoms with E-state index in [9.17, 15) is 12.8 Å². The van der Waals surface area contributed by atoms with Gasteiger partial charge in [-0.15, -0.1) is 0 Å². The molecule has 0 aromatic heterocycles. The number of fused-ring (bicyclic) bond motifs is 2. The molecular weight excluding hydrogens is 291 g/mol. The van der Waals surface area contributed by atoms with Crippen molar-refractivity contribution in [1.29, 1.82) is 0 Å². The Bertz CT molecular complexity index is 679. The maximum absolute atomic E-state index is 13.5. The quantitative estimate of drug-likeness (QED) is 0.806. The third kappa shape index (κ3) is 2.84. The smallest absolute Gasteiger partial charge is 0.159 e. The first-order valence-electron chi connectivity index (χ1n) is 7.25. The second-order valence-electron chi connectivity index (χ2n) is 5.89. The normalized spacial score (nSPS) is 27.0. The lowest BCUT2D eigenvalue weighted by Gasteiger charge is -2.33. The number of sulfone groups is 1. The van der Waals surface area contributed by atoms with Crippen molar-refractivity contribution in [2.45, 2.75) is 42.6 Å². The molecule has 1 aromatic carbocycles. The Labute approximate surface area is 124 Å². The fourth-order valence-corrected chi connectivity index (χ4v) is 5.69. The Morgan fingerprint density at radius 3 is 2.81 bits per heavy atom. The molecule has 5 heteroatoms. The lowest BCUT2D eigenvalue weighted by Crippen LogP contribution is -2.39. The summed E-state index contributed by atoms with van der Waals surface area (Å²) in [4.78, 5) is 0. The van der Waals surface area contributed by atoms with Gasteiger partial charge in [0.15, 0.2) is 9.84 Å². The van der Waals surface area contributed by atoms with E-state index in [4.69, 9.17) is 4.74 Å². The summed E-state index contributed by atoms with van der Waals surface area (Å²) in [5.41, 5.74) is 1.93. The van der Waals surface area contributed by atoms with Crippen molar-refractivity contribution in [2.24, 2.45) is 0 Å². The van der Waals surface area contributed by atoms with Gasteiger partial charge in [0, 0.05) is 6.07 Å². The van der Waals surface area contributed by atoms with Crippen LogP contribution in [0.25, 0.3) is 0 Å². The molecule has 1 fully saturated rings. The third-order valence-electron chi connectivity index (χ3n) is 4.41. The molecule has 0 aliphatic carbocycles. The summed E-state index contributed by atoms with van der Waals surface area (Å²) in [5, 5.41) is -0.581. The van der Waals surface area contributed by atoms with Gasteiger partial charge in [-0.25, -0.2) is 12.8 Å². The van der Waals surface area contributed by atoms with Gasteiger partial charge in [-0.2, -0.15) is 0 Å². The maximum Gasteiger partial charge on any atom is 0.159 e. The predicted octanol–water partition coefficient (Wildman–Crippen LogP) is 3.04. The van der Waals surface area contributed by atoms with Crippen LogP contribution in [0.15, 0.2) is 29.8 Å². The first kappa shape index (κ1) is 14.6. The zero-order valence-corrected chi connectivity index (χ0v) is 12.8. The Hall–Kier alpha value is -1.36. The van der Waals surface area contributed by atoms with E-state index in [2.05, 4.69) is 0 Å². The van der Waals surface area contributed by atoms with E-state index in [0.717, 1.165) is 30.4 Å². The van der Waals surface area contributed by atoms with Gasteiger partial charge < -0.3 is 4.74 Å². The third-order valence-corrected chi connectivity index (χ3v) is 6.96. The van der Waals surface area contributed by atoms with Crippen LogP contribution in [-0.2, 0) is 16.3 Å². The van der Waals surface area contributed by atoms with Gasteiger partial charge in [0.1, 0.15) is 11.6 Å². The number of rotatable bonds is 3. The average molecular weight is 310 g/mol. The highest BCUT2D eigenvalue weighted by Gasteiger charge is 2.40. The number of hydrogen-bond donors (Lipinski definition) is 0. The van der Waals surface area contributed by atoms with Crippen LogP contribution < -0.4 is 4.74 Å². The first-order valence-corrected chi connectivity index (χ1v) is 8.86. The average Bonchev–Trinajstić information content (AvgIpc) is 2.39. The molecule has 0 saturated carbocycles. The number of allylic oxidation sites excluding steroid dienone is 1. The van der Waals surface area contributed by atoms with E-state index in [1.54, 1.807) is 0 Å². The summed E-state index contributed by atoms with van der Waals surface area (Å²) in [7, 11) is -1.48. The molecule has 0 N–H and O–H groups in total. The number of benzene rings is 1. The maximum atomic E-state index is 13.5. The summed E-state index contributed by atoms with van der Waals surface area (Å²) in [6.45, 7) is 0. The Balaban J connectivity index is 1.86. The van der Waals surface area contributed by atoms with Crippen LogP contribution in [0, 0.1) is 5.82 Å². The largest absolute Gasteiger partial charge is 0.497 e. The fourth-order valence-electron chi connectivity index (χ4n) is 3.38. The van der Waals surface area contributed by atoms with Gasteiger partial charge in [0.05, 0.1) is 17.6 Å². The minimum Gasteiger partial charge on any atom is -0.497 e. The highest BCUT2D eigenvalue weighted by molar-refractivity contribution is 7.92. The number of methoxy groups -OCH3 is 1. The monoisotopic (exact) mass is 310 g/mol. The van der Waals surface area contributed by atoms with Crippen LogP contribution in [0.5, 0.6) is 5.75 Å². The molecule has 0 spiro atoms. The molecule has 0 radical (unpaired) electrons. The minimum absolute atomic E-state index is 0.244. The number of hydrogen-bond acceptors (Lipinski definition) is 3. The van der Waals surface area contributed by atoms with Crippen molar-refractivity contribution in [3.8, 4) is 5.75 Å². The van der Waals surface area contributed by atoms with Crippen LogP contribution in [0.3, 0.4) is 0 Å². The summed E-state index contributed by atoms with van der Waals surface area (Å²) in [6, 6.07) is 4.64. The lowest BCUT2D eigenvalue weighted by atomic mass is 9.93. The predicted molar refractivity (Wildman–Crippen MR) is 79.7 cm³/mol. The summed E-state index contributed by atoms with van der Waals surface area (Å²) in [6.07, 6.45) is 5.51. The van der Waals surface area contributed by atoms with Crippen LogP contribution >= 0.6 is 0 Å². The molecule has 1 saturated heterocycles. The molecular formula is C16H19FO3S. The van der Waals surface area contributed by atoms with Crippen molar-refractivity contribution in [1.82, 2.24) is 0 Å². The van der Waals surface area contributed by atoms with Gasteiger partial charge >= 0.3 is 0 Å². The zero-order valence-electron chi connectivity index (χ0n) is 12.0. The second-order valence-corrected chi connectivity index (χ2v) is 8.34. The number of ether oxygens (including phenoxy) is 1. The molecule has 2 aliphatic rings. The fraction of sp³-hybridized carbons (Fsp3) is 0.500. The van der Waals surface area contributed by atoms with Crippen LogP contribution in [0.4, 0.5) is 4.39 Å². The first-order chi connectivity index (χ1) is 9.99. The SMILES string of the molecule is COc1cc(F)cc(CC2=CC3CCCC(C2)S3(=O)=O)c1. The minimum atomic E-state index is -2.99. The Kier molecular flexibility index (Phi) is 3.78. The van der Waals surface area contributed by atoms with Crippen molar-refractivity contribution in [3.63, 3.8) is 0 Å².